The molecule has 2 aromatic rings. The summed E-state index contributed by atoms with van der Waals surface area (Å²) in [5.41, 5.74) is 2.69. The number of H-pyrrole nitrogens is 2. The van der Waals surface area contributed by atoms with Gasteiger partial charge in [-0.15, -0.1) is 0 Å². The number of carbonyl (C=O) groups excluding carboxylic acids is 1. The molecule has 144 valence electrons. The highest BCUT2D eigenvalue weighted by Gasteiger charge is 2.21. The lowest BCUT2D eigenvalue weighted by atomic mass is 10.1. The lowest BCUT2D eigenvalue weighted by Gasteiger charge is -2.35. The third-order valence-corrected chi connectivity index (χ3v) is 5.22. The molecule has 1 fully saturated rings. The van der Waals surface area contributed by atoms with Crippen molar-refractivity contribution in [1.82, 2.24) is 19.8 Å². The first-order valence-corrected chi connectivity index (χ1v) is 9.31. The maximum Gasteiger partial charge on any atom is 0.325 e. The molecule has 1 saturated heterocycles. The van der Waals surface area contributed by atoms with E-state index in [1.807, 2.05) is 11.0 Å². The molecule has 0 saturated carbocycles. The number of nitrogens with zero attached hydrogens (tertiary/aromatic N) is 2. The van der Waals surface area contributed by atoms with Crippen LogP contribution in [0.4, 0.5) is 0 Å². The van der Waals surface area contributed by atoms with Crippen molar-refractivity contribution in [1.29, 1.82) is 0 Å². The molecule has 0 bridgehead atoms. The van der Waals surface area contributed by atoms with Gasteiger partial charge in [-0.2, -0.15) is 0 Å². The second-order valence-electron chi connectivity index (χ2n) is 7.10. The first-order chi connectivity index (χ1) is 12.9. The molecule has 1 aromatic heterocycles. The lowest BCUT2D eigenvalue weighted by molar-refractivity contribution is -0.133. The summed E-state index contributed by atoms with van der Waals surface area (Å²) >= 11 is 0. The molecule has 1 aromatic carbocycles. The van der Waals surface area contributed by atoms with Gasteiger partial charge in [0.05, 0.1) is 0 Å². The molecule has 0 aliphatic carbocycles. The molecule has 0 unspecified atom stereocenters. The molecule has 0 spiro atoms. The second kappa shape index (κ2) is 8.35. The quantitative estimate of drug-likeness (QED) is 0.820. The molecule has 1 amide bonds. The molecule has 7 nitrogen and oxygen atoms in total. The number of rotatable bonds is 5. The average Bonchev–Trinajstić information content (AvgIpc) is 2.63. The number of benzene rings is 1. The largest absolute Gasteiger partial charge is 0.340 e. The van der Waals surface area contributed by atoms with Crippen LogP contribution in [-0.2, 0) is 17.8 Å². The van der Waals surface area contributed by atoms with Crippen LogP contribution in [0.15, 0.2) is 33.9 Å². The van der Waals surface area contributed by atoms with Gasteiger partial charge >= 0.3 is 5.69 Å². The van der Waals surface area contributed by atoms with Gasteiger partial charge in [-0.05, 0) is 31.4 Å². The highest BCUT2D eigenvalue weighted by Crippen LogP contribution is 2.13. The number of hydrogen-bond acceptors (Lipinski definition) is 4. The Morgan fingerprint density at radius 1 is 1.04 bits per heavy atom. The third kappa shape index (κ3) is 4.74. The fourth-order valence-electron chi connectivity index (χ4n) is 3.50. The second-order valence-corrected chi connectivity index (χ2v) is 7.10. The standard InChI is InChI=1S/C20H26N4O3/c1-14-5-3-4-6-16(14)13-23-9-11-24(12-10-23)18(25)8-7-17-15(2)21-20(27)22-19(17)26/h3-6H,7-13H2,1-2H3,(H2,21,22,26,27). The summed E-state index contributed by atoms with van der Waals surface area (Å²) in [5.74, 6) is 0.0514. The molecule has 1 aliphatic rings. The van der Waals surface area contributed by atoms with Gasteiger partial charge in [0.2, 0.25) is 5.91 Å². The van der Waals surface area contributed by atoms with Crippen molar-refractivity contribution < 1.29 is 4.79 Å². The average molecular weight is 370 g/mol. The molecule has 7 heteroatoms. The smallest absolute Gasteiger partial charge is 0.325 e. The minimum Gasteiger partial charge on any atom is -0.340 e. The Hall–Kier alpha value is -2.67. The summed E-state index contributed by atoms with van der Waals surface area (Å²) < 4.78 is 0. The maximum atomic E-state index is 12.5. The van der Waals surface area contributed by atoms with Crippen molar-refractivity contribution in [3.05, 3.63) is 67.5 Å². The molecule has 2 heterocycles. The number of amides is 1. The Labute approximate surface area is 158 Å². The van der Waals surface area contributed by atoms with Crippen LogP contribution in [0.25, 0.3) is 0 Å². The number of aromatic amines is 2. The summed E-state index contributed by atoms with van der Waals surface area (Å²) in [5, 5.41) is 0. The van der Waals surface area contributed by atoms with Crippen molar-refractivity contribution in [3.8, 4) is 0 Å². The molecule has 0 radical (unpaired) electrons. The summed E-state index contributed by atoms with van der Waals surface area (Å²) in [4.78, 5) is 44.7. The van der Waals surface area contributed by atoms with E-state index in [1.54, 1.807) is 6.92 Å². The SMILES string of the molecule is Cc1ccccc1CN1CCN(C(=O)CCc2c(C)[nH]c(=O)[nH]c2=O)CC1. The number of piperazine rings is 1. The van der Waals surface area contributed by atoms with Crippen LogP contribution in [0.3, 0.4) is 0 Å². The van der Waals surface area contributed by atoms with E-state index in [9.17, 15) is 14.4 Å². The van der Waals surface area contributed by atoms with Crippen LogP contribution in [0.1, 0.15) is 28.8 Å². The van der Waals surface area contributed by atoms with Crippen LogP contribution in [0.2, 0.25) is 0 Å². The molecular formula is C20H26N4O3. The Bertz CT molecular complexity index is 923. The maximum absolute atomic E-state index is 12.5. The van der Waals surface area contributed by atoms with Gasteiger partial charge in [0.15, 0.2) is 0 Å². The summed E-state index contributed by atoms with van der Waals surface area (Å²) in [6.45, 7) is 7.80. The first-order valence-electron chi connectivity index (χ1n) is 9.31. The zero-order chi connectivity index (χ0) is 19.4. The van der Waals surface area contributed by atoms with Crippen molar-refractivity contribution in [3.63, 3.8) is 0 Å². The van der Waals surface area contributed by atoms with Crippen LogP contribution in [-0.4, -0.2) is 51.9 Å². The zero-order valence-electron chi connectivity index (χ0n) is 15.9. The van der Waals surface area contributed by atoms with Crippen molar-refractivity contribution in [2.24, 2.45) is 0 Å². The minimum absolute atomic E-state index is 0.0514. The van der Waals surface area contributed by atoms with Crippen molar-refractivity contribution in [2.75, 3.05) is 26.2 Å². The van der Waals surface area contributed by atoms with Crippen LogP contribution >= 0.6 is 0 Å². The van der Waals surface area contributed by atoms with Gasteiger partial charge in [-0.1, -0.05) is 24.3 Å². The fraction of sp³-hybridized carbons (Fsp3) is 0.450. The molecular weight excluding hydrogens is 344 g/mol. The van der Waals surface area contributed by atoms with Crippen LogP contribution in [0, 0.1) is 13.8 Å². The van der Waals surface area contributed by atoms with Crippen LogP contribution < -0.4 is 11.2 Å². The van der Waals surface area contributed by atoms with Gasteiger partial charge in [-0.25, -0.2) is 4.79 Å². The first kappa shape index (κ1) is 19.1. The van der Waals surface area contributed by atoms with E-state index in [0.29, 0.717) is 30.8 Å². The Balaban J connectivity index is 1.51. The zero-order valence-corrected chi connectivity index (χ0v) is 15.9. The molecule has 3 rings (SSSR count). The topological polar surface area (TPSA) is 89.3 Å². The van der Waals surface area contributed by atoms with E-state index in [1.165, 1.54) is 11.1 Å². The Morgan fingerprint density at radius 3 is 2.41 bits per heavy atom. The predicted octanol–water partition coefficient (Wildman–Crippen LogP) is 0.957. The number of aryl methyl sites for hydroxylation is 2. The number of nitrogens with one attached hydrogen (secondary N) is 2. The lowest BCUT2D eigenvalue weighted by Crippen LogP contribution is -2.48. The minimum atomic E-state index is -0.516. The van der Waals surface area contributed by atoms with E-state index >= 15 is 0 Å². The summed E-state index contributed by atoms with van der Waals surface area (Å²) in [6, 6.07) is 8.37. The summed E-state index contributed by atoms with van der Waals surface area (Å²) in [6.07, 6.45) is 0.605. The van der Waals surface area contributed by atoms with Gasteiger partial charge in [-0.3, -0.25) is 19.5 Å². The van der Waals surface area contributed by atoms with Crippen molar-refractivity contribution in [2.45, 2.75) is 33.2 Å². The van der Waals surface area contributed by atoms with E-state index in [2.05, 4.69) is 40.0 Å². The molecule has 0 atom stereocenters. The van der Waals surface area contributed by atoms with E-state index < -0.39 is 11.2 Å². The van der Waals surface area contributed by atoms with Gasteiger partial charge in [0.1, 0.15) is 0 Å². The van der Waals surface area contributed by atoms with E-state index in [0.717, 1.165) is 19.6 Å². The molecule has 1 aliphatic heterocycles. The van der Waals surface area contributed by atoms with Gasteiger partial charge in [0.25, 0.3) is 5.56 Å². The third-order valence-electron chi connectivity index (χ3n) is 5.22. The molecule has 27 heavy (non-hydrogen) atoms. The Kier molecular flexibility index (Phi) is 5.91. The predicted molar refractivity (Wildman–Crippen MR) is 104 cm³/mol. The normalized spacial score (nSPS) is 15.1. The highest BCUT2D eigenvalue weighted by molar-refractivity contribution is 5.76. The Morgan fingerprint density at radius 2 is 1.74 bits per heavy atom. The van der Waals surface area contributed by atoms with Crippen LogP contribution in [0.5, 0.6) is 0 Å². The number of hydrogen-bond donors (Lipinski definition) is 2. The van der Waals surface area contributed by atoms with Crippen molar-refractivity contribution >= 4 is 5.91 Å². The van der Waals surface area contributed by atoms with Gasteiger partial charge in [0, 0.05) is 50.4 Å². The molecule has 2 N–H and O–H groups in total. The number of aromatic nitrogens is 2. The van der Waals surface area contributed by atoms with Gasteiger partial charge < -0.3 is 9.88 Å². The number of carbonyl (C=O) groups is 1. The van der Waals surface area contributed by atoms with E-state index in [-0.39, 0.29) is 12.3 Å². The summed E-state index contributed by atoms with van der Waals surface area (Å²) in [7, 11) is 0. The van der Waals surface area contributed by atoms with E-state index in [4.69, 9.17) is 0 Å². The highest BCUT2D eigenvalue weighted by atomic mass is 16.2. The fourth-order valence-corrected chi connectivity index (χ4v) is 3.50. The monoisotopic (exact) mass is 370 g/mol.